The summed E-state index contributed by atoms with van der Waals surface area (Å²) in [5, 5.41) is 8.61. The number of aliphatic carboxylic acids is 1. The standard InChI is InChI=1S/C14H26N2O3/c1-2-4-11-5-3-9-16(10-8-11)14(19)12(15)6-7-13(17)18/h11-12H,2-10,15H2,1H3,(H,17,18). The molecule has 1 aliphatic rings. The lowest BCUT2D eigenvalue weighted by Gasteiger charge is -2.24. The van der Waals surface area contributed by atoms with Gasteiger partial charge in [-0.1, -0.05) is 19.8 Å². The van der Waals surface area contributed by atoms with Crippen molar-refractivity contribution in [2.75, 3.05) is 13.1 Å². The summed E-state index contributed by atoms with van der Waals surface area (Å²) in [5.41, 5.74) is 5.79. The molecule has 5 nitrogen and oxygen atoms in total. The van der Waals surface area contributed by atoms with Gasteiger partial charge in [0.1, 0.15) is 0 Å². The van der Waals surface area contributed by atoms with Gasteiger partial charge in [0.25, 0.3) is 0 Å². The molecule has 110 valence electrons. The molecular weight excluding hydrogens is 244 g/mol. The van der Waals surface area contributed by atoms with Gasteiger partial charge < -0.3 is 15.7 Å². The van der Waals surface area contributed by atoms with Crippen LogP contribution in [-0.4, -0.2) is 41.0 Å². The number of rotatable bonds is 6. The fourth-order valence-corrected chi connectivity index (χ4v) is 2.72. The zero-order chi connectivity index (χ0) is 14.3. The number of hydrogen-bond acceptors (Lipinski definition) is 3. The number of amides is 1. The smallest absolute Gasteiger partial charge is 0.303 e. The van der Waals surface area contributed by atoms with Crippen LogP contribution in [0.2, 0.25) is 0 Å². The average molecular weight is 270 g/mol. The van der Waals surface area contributed by atoms with Crippen molar-refractivity contribution >= 4 is 11.9 Å². The van der Waals surface area contributed by atoms with E-state index in [1.54, 1.807) is 0 Å². The molecule has 3 N–H and O–H groups in total. The molecule has 1 aliphatic heterocycles. The number of carboxylic acids is 1. The molecule has 0 aromatic carbocycles. The number of nitrogens with two attached hydrogens (primary N) is 1. The van der Waals surface area contributed by atoms with E-state index in [1.807, 2.05) is 4.90 Å². The molecule has 1 saturated heterocycles. The second-order valence-electron chi connectivity index (χ2n) is 5.45. The molecular formula is C14H26N2O3. The van der Waals surface area contributed by atoms with Crippen LogP contribution >= 0.6 is 0 Å². The summed E-state index contributed by atoms with van der Waals surface area (Å²) >= 11 is 0. The van der Waals surface area contributed by atoms with Crippen molar-refractivity contribution in [3.8, 4) is 0 Å². The average Bonchev–Trinajstić information content (AvgIpc) is 2.61. The number of carboxylic acid groups (broad SMARTS) is 1. The zero-order valence-corrected chi connectivity index (χ0v) is 11.8. The maximum atomic E-state index is 12.1. The Bertz CT molecular complexity index is 307. The third-order valence-electron chi connectivity index (χ3n) is 3.84. The molecule has 2 atom stereocenters. The lowest BCUT2D eigenvalue weighted by molar-refractivity contribution is -0.137. The third-order valence-corrected chi connectivity index (χ3v) is 3.84. The van der Waals surface area contributed by atoms with Crippen LogP contribution in [0.4, 0.5) is 0 Å². The molecule has 0 aliphatic carbocycles. The minimum atomic E-state index is -0.901. The first kappa shape index (κ1) is 16.0. The predicted octanol–water partition coefficient (Wildman–Crippen LogP) is 1.61. The predicted molar refractivity (Wildman–Crippen MR) is 73.7 cm³/mol. The number of likely N-dealkylation sites (tertiary alicyclic amines) is 1. The van der Waals surface area contributed by atoms with Crippen LogP contribution in [0.3, 0.4) is 0 Å². The van der Waals surface area contributed by atoms with E-state index in [9.17, 15) is 9.59 Å². The Morgan fingerprint density at radius 1 is 1.37 bits per heavy atom. The van der Waals surface area contributed by atoms with Crippen LogP contribution in [-0.2, 0) is 9.59 Å². The van der Waals surface area contributed by atoms with E-state index < -0.39 is 12.0 Å². The minimum absolute atomic E-state index is 0.0425. The third kappa shape index (κ3) is 5.59. The minimum Gasteiger partial charge on any atom is -0.481 e. The van der Waals surface area contributed by atoms with Gasteiger partial charge in [-0.15, -0.1) is 0 Å². The first-order valence-corrected chi connectivity index (χ1v) is 7.30. The molecule has 5 heteroatoms. The molecule has 1 rings (SSSR count). The van der Waals surface area contributed by atoms with E-state index >= 15 is 0 Å². The lowest BCUT2D eigenvalue weighted by Crippen LogP contribution is -2.44. The normalized spacial score (nSPS) is 21.8. The summed E-state index contributed by atoms with van der Waals surface area (Å²) < 4.78 is 0. The number of hydrogen-bond donors (Lipinski definition) is 2. The number of carbonyl (C=O) groups excluding carboxylic acids is 1. The Labute approximate surface area is 115 Å². The van der Waals surface area contributed by atoms with E-state index in [0.717, 1.165) is 31.8 Å². The monoisotopic (exact) mass is 270 g/mol. The molecule has 1 amide bonds. The van der Waals surface area contributed by atoms with E-state index in [1.165, 1.54) is 19.3 Å². The summed E-state index contributed by atoms with van der Waals surface area (Å²) in [5.74, 6) is -0.265. The highest BCUT2D eigenvalue weighted by molar-refractivity contribution is 5.82. The van der Waals surface area contributed by atoms with Crippen LogP contribution in [0, 0.1) is 5.92 Å². The molecule has 0 radical (unpaired) electrons. The van der Waals surface area contributed by atoms with Crippen LogP contribution in [0.15, 0.2) is 0 Å². The fourth-order valence-electron chi connectivity index (χ4n) is 2.72. The van der Waals surface area contributed by atoms with Gasteiger partial charge in [0.15, 0.2) is 0 Å². The molecule has 1 heterocycles. The van der Waals surface area contributed by atoms with Gasteiger partial charge in [-0.05, 0) is 31.6 Å². The first-order chi connectivity index (χ1) is 9.04. The Balaban J connectivity index is 2.41. The van der Waals surface area contributed by atoms with Gasteiger partial charge in [0.2, 0.25) is 5.91 Å². The second-order valence-corrected chi connectivity index (χ2v) is 5.45. The van der Waals surface area contributed by atoms with Crippen molar-refractivity contribution in [2.24, 2.45) is 11.7 Å². The quantitative estimate of drug-likeness (QED) is 0.768. The topological polar surface area (TPSA) is 83.6 Å². The van der Waals surface area contributed by atoms with Gasteiger partial charge in [-0.2, -0.15) is 0 Å². The van der Waals surface area contributed by atoms with E-state index in [4.69, 9.17) is 10.8 Å². The molecule has 0 aromatic heterocycles. The summed E-state index contributed by atoms with van der Waals surface area (Å²) in [6.45, 7) is 3.72. The van der Waals surface area contributed by atoms with Crippen molar-refractivity contribution in [1.82, 2.24) is 4.90 Å². The lowest BCUT2D eigenvalue weighted by atomic mass is 9.96. The summed E-state index contributed by atoms with van der Waals surface area (Å²) in [4.78, 5) is 24.4. The van der Waals surface area contributed by atoms with Crippen LogP contribution in [0.1, 0.15) is 51.9 Å². The van der Waals surface area contributed by atoms with Gasteiger partial charge in [-0.25, -0.2) is 0 Å². The number of nitrogens with zero attached hydrogens (tertiary/aromatic N) is 1. The maximum absolute atomic E-state index is 12.1. The van der Waals surface area contributed by atoms with Crippen LogP contribution in [0.5, 0.6) is 0 Å². The second kappa shape index (κ2) is 8.15. The maximum Gasteiger partial charge on any atom is 0.303 e. The van der Waals surface area contributed by atoms with Gasteiger partial charge in [-0.3, -0.25) is 9.59 Å². The molecule has 0 bridgehead atoms. The van der Waals surface area contributed by atoms with Gasteiger partial charge in [0.05, 0.1) is 6.04 Å². The zero-order valence-electron chi connectivity index (χ0n) is 11.8. The highest BCUT2D eigenvalue weighted by Gasteiger charge is 2.24. The Kier molecular flexibility index (Phi) is 6.84. The van der Waals surface area contributed by atoms with E-state index in [2.05, 4.69) is 6.92 Å². The largest absolute Gasteiger partial charge is 0.481 e. The molecule has 0 saturated carbocycles. The molecule has 0 spiro atoms. The van der Waals surface area contributed by atoms with Crippen molar-refractivity contribution in [3.63, 3.8) is 0 Å². The van der Waals surface area contributed by atoms with Crippen molar-refractivity contribution in [2.45, 2.75) is 57.9 Å². The van der Waals surface area contributed by atoms with Gasteiger partial charge in [0, 0.05) is 19.5 Å². The van der Waals surface area contributed by atoms with Crippen LogP contribution < -0.4 is 5.73 Å². The number of carbonyl (C=O) groups is 2. The van der Waals surface area contributed by atoms with Crippen molar-refractivity contribution in [3.05, 3.63) is 0 Å². The summed E-state index contributed by atoms with van der Waals surface area (Å²) in [7, 11) is 0. The van der Waals surface area contributed by atoms with Crippen molar-refractivity contribution < 1.29 is 14.7 Å². The first-order valence-electron chi connectivity index (χ1n) is 7.30. The molecule has 1 fully saturated rings. The Hall–Kier alpha value is -1.10. The molecule has 0 aromatic rings. The van der Waals surface area contributed by atoms with Crippen molar-refractivity contribution in [1.29, 1.82) is 0 Å². The molecule has 2 unspecified atom stereocenters. The summed E-state index contributed by atoms with van der Waals surface area (Å²) in [6.07, 6.45) is 5.86. The highest BCUT2D eigenvalue weighted by Crippen LogP contribution is 2.22. The Morgan fingerprint density at radius 2 is 2.11 bits per heavy atom. The summed E-state index contributed by atoms with van der Waals surface area (Å²) in [6, 6.07) is -0.668. The SMILES string of the molecule is CCCC1CCCN(C(=O)C(N)CCC(=O)O)CC1. The van der Waals surface area contributed by atoms with Crippen LogP contribution in [0.25, 0.3) is 0 Å². The highest BCUT2D eigenvalue weighted by atomic mass is 16.4. The van der Waals surface area contributed by atoms with E-state index in [0.29, 0.717) is 0 Å². The van der Waals surface area contributed by atoms with E-state index in [-0.39, 0.29) is 18.7 Å². The molecule has 19 heavy (non-hydrogen) atoms. The fraction of sp³-hybridized carbons (Fsp3) is 0.857. The van der Waals surface area contributed by atoms with Gasteiger partial charge >= 0.3 is 5.97 Å². The Morgan fingerprint density at radius 3 is 2.74 bits per heavy atom.